The monoisotopic (exact) mass is 376 g/mol. The third-order valence-corrected chi connectivity index (χ3v) is 3.80. The van der Waals surface area contributed by atoms with Gasteiger partial charge in [0.05, 0.1) is 21.3 Å². The third-order valence-electron chi connectivity index (χ3n) is 2.31. The molecule has 1 heterocycles. The Morgan fingerprint density at radius 2 is 2.00 bits per heavy atom. The van der Waals surface area contributed by atoms with Gasteiger partial charge in [-0.15, -0.1) is 0 Å². The maximum Gasteiger partial charge on any atom is 0.337 e. The van der Waals surface area contributed by atoms with Gasteiger partial charge in [0.1, 0.15) is 5.75 Å². The second-order valence-electron chi connectivity index (χ2n) is 3.72. The number of carboxylic acid groups (broad SMARTS) is 1. The van der Waals surface area contributed by atoms with Gasteiger partial charge >= 0.3 is 5.97 Å². The molecule has 3 N–H and O–H groups in total. The Balaban J connectivity index is 2.35. The number of carbonyl (C=O) groups is 1. The Labute approximate surface area is 132 Å². The van der Waals surface area contributed by atoms with E-state index in [0.29, 0.717) is 14.5 Å². The third kappa shape index (κ3) is 3.15. The zero-order chi connectivity index (χ0) is 14.9. The molecule has 0 saturated carbocycles. The van der Waals surface area contributed by atoms with E-state index in [0.717, 1.165) is 6.20 Å². The molecule has 0 radical (unpaired) electrons. The van der Waals surface area contributed by atoms with Crippen molar-refractivity contribution in [1.82, 2.24) is 4.98 Å². The molecule has 20 heavy (non-hydrogen) atoms. The van der Waals surface area contributed by atoms with E-state index in [1.165, 1.54) is 12.1 Å². The molecule has 5 nitrogen and oxygen atoms in total. The number of rotatable bonds is 3. The molecule has 0 spiro atoms. The summed E-state index contributed by atoms with van der Waals surface area (Å²) in [5.41, 5.74) is 5.74. The summed E-state index contributed by atoms with van der Waals surface area (Å²) in [4.78, 5) is 14.6. The average Bonchev–Trinajstić information content (AvgIpc) is 2.37. The Hall–Kier alpha value is -1.50. The maximum atomic E-state index is 10.8. The first kappa shape index (κ1) is 14.9. The van der Waals surface area contributed by atoms with Crippen LogP contribution in [0, 0.1) is 0 Å². The first-order chi connectivity index (χ1) is 9.38. The number of nitrogen functional groups attached to an aromatic ring is 1. The molecule has 1 aromatic heterocycles. The van der Waals surface area contributed by atoms with E-state index in [2.05, 4.69) is 20.9 Å². The molecule has 0 aliphatic rings. The summed E-state index contributed by atoms with van der Waals surface area (Å²) in [6.07, 6.45) is 1.14. The average molecular weight is 378 g/mol. The highest BCUT2D eigenvalue weighted by Crippen LogP contribution is 2.37. The van der Waals surface area contributed by atoms with Gasteiger partial charge in [0.15, 0.2) is 0 Å². The minimum atomic E-state index is -1.12. The van der Waals surface area contributed by atoms with Crippen LogP contribution in [0.1, 0.15) is 10.4 Å². The summed E-state index contributed by atoms with van der Waals surface area (Å²) in [6.45, 7) is 0. The number of ether oxygens (including phenoxy) is 1. The van der Waals surface area contributed by atoms with Gasteiger partial charge in [0.25, 0.3) is 0 Å². The van der Waals surface area contributed by atoms with Crippen LogP contribution in [0.4, 0.5) is 5.69 Å². The van der Waals surface area contributed by atoms with Gasteiger partial charge < -0.3 is 15.6 Å². The molecule has 0 atom stereocenters. The number of hydrogen-bond acceptors (Lipinski definition) is 4. The second kappa shape index (κ2) is 5.87. The SMILES string of the molecule is Nc1cc(C(=O)O)cnc1Oc1cc(Cl)c(Br)cc1Cl. The minimum Gasteiger partial charge on any atom is -0.478 e. The molecule has 0 amide bonds. The first-order valence-corrected chi connectivity index (χ1v) is 6.74. The van der Waals surface area contributed by atoms with Crippen molar-refractivity contribution in [2.45, 2.75) is 0 Å². The van der Waals surface area contributed by atoms with E-state index in [1.807, 2.05) is 0 Å². The fourth-order valence-electron chi connectivity index (χ4n) is 1.36. The minimum absolute atomic E-state index is 0.0326. The molecule has 0 bridgehead atoms. The Bertz CT molecular complexity index is 695. The van der Waals surface area contributed by atoms with Crippen molar-refractivity contribution < 1.29 is 14.6 Å². The summed E-state index contributed by atoms with van der Waals surface area (Å²) >= 11 is 15.2. The van der Waals surface area contributed by atoms with E-state index in [1.54, 1.807) is 6.07 Å². The highest BCUT2D eigenvalue weighted by atomic mass is 79.9. The van der Waals surface area contributed by atoms with Crippen molar-refractivity contribution in [3.05, 3.63) is 44.5 Å². The van der Waals surface area contributed by atoms with Crippen molar-refractivity contribution in [2.24, 2.45) is 0 Å². The smallest absolute Gasteiger partial charge is 0.337 e. The number of aromatic nitrogens is 1. The molecule has 2 aromatic rings. The largest absolute Gasteiger partial charge is 0.478 e. The molecule has 2 rings (SSSR count). The number of nitrogens with zero attached hydrogens (tertiary/aromatic N) is 1. The number of pyridine rings is 1. The standard InChI is InChI=1S/C12H7BrCl2N2O3/c13-6-2-8(15)10(3-7(6)14)20-11-9(16)1-5(4-17-11)12(18)19/h1-4H,16H2,(H,18,19). The predicted octanol–water partition coefficient (Wildman–Crippen LogP) is 4.22. The fraction of sp³-hybridized carbons (Fsp3) is 0. The lowest BCUT2D eigenvalue weighted by atomic mass is 10.2. The topological polar surface area (TPSA) is 85.4 Å². The number of carboxylic acids is 1. The number of anilines is 1. The van der Waals surface area contributed by atoms with Gasteiger partial charge in [-0.05, 0) is 28.1 Å². The van der Waals surface area contributed by atoms with Crippen molar-refractivity contribution in [1.29, 1.82) is 0 Å². The molecule has 0 fully saturated rings. The highest BCUT2D eigenvalue weighted by molar-refractivity contribution is 9.10. The number of aromatic carboxylic acids is 1. The van der Waals surface area contributed by atoms with Crippen LogP contribution in [0.3, 0.4) is 0 Å². The highest BCUT2D eigenvalue weighted by Gasteiger charge is 2.12. The van der Waals surface area contributed by atoms with Crippen LogP contribution < -0.4 is 10.5 Å². The lowest BCUT2D eigenvalue weighted by Gasteiger charge is -2.10. The maximum absolute atomic E-state index is 10.8. The van der Waals surface area contributed by atoms with Gasteiger partial charge in [-0.2, -0.15) is 0 Å². The first-order valence-electron chi connectivity index (χ1n) is 5.19. The summed E-state index contributed by atoms with van der Waals surface area (Å²) < 4.78 is 6.07. The quantitative estimate of drug-likeness (QED) is 0.782. The van der Waals surface area contributed by atoms with Gasteiger partial charge in [0.2, 0.25) is 5.88 Å². The molecule has 1 aromatic carbocycles. The van der Waals surface area contributed by atoms with Gasteiger partial charge in [0, 0.05) is 16.7 Å². The molecule has 8 heteroatoms. The van der Waals surface area contributed by atoms with Crippen molar-refractivity contribution >= 4 is 50.8 Å². The normalized spacial score (nSPS) is 10.3. The predicted molar refractivity (Wildman–Crippen MR) is 79.8 cm³/mol. The van der Waals surface area contributed by atoms with E-state index in [-0.39, 0.29) is 22.9 Å². The summed E-state index contributed by atoms with van der Waals surface area (Å²) in [5.74, 6) is -0.808. The Morgan fingerprint density at radius 1 is 1.30 bits per heavy atom. The van der Waals surface area contributed by atoms with Gasteiger partial charge in [-0.25, -0.2) is 9.78 Å². The lowest BCUT2D eigenvalue weighted by molar-refractivity contribution is 0.0696. The van der Waals surface area contributed by atoms with E-state index in [9.17, 15) is 4.79 Å². The summed E-state index contributed by atoms with van der Waals surface area (Å²) in [7, 11) is 0. The molecule has 0 unspecified atom stereocenters. The van der Waals surface area contributed by atoms with Crippen molar-refractivity contribution in [3.63, 3.8) is 0 Å². The molecular formula is C12H7BrCl2N2O3. The zero-order valence-electron chi connectivity index (χ0n) is 9.73. The summed E-state index contributed by atoms with van der Waals surface area (Å²) in [6, 6.07) is 4.32. The fourth-order valence-corrected chi connectivity index (χ4v) is 2.19. The van der Waals surface area contributed by atoms with Crippen LogP contribution in [0.25, 0.3) is 0 Å². The summed E-state index contributed by atoms with van der Waals surface area (Å²) in [5, 5.41) is 9.54. The molecule has 0 saturated heterocycles. The van der Waals surface area contributed by atoms with E-state index in [4.69, 9.17) is 38.8 Å². The van der Waals surface area contributed by atoms with Crippen LogP contribution in [0.2, 0.25) is 10.0 Å². The van der Waals surface area contributed by atoms with E-state index < -0.39 is 5.97 Å². The van der Waals surface area contributed by atoms with Crippen LogP contribution in [0.15, 0.2) is 28.9 Å². The molecule has 0 aliphatic carbocycles. The molecule has 0 aliphatic heterocycles. The molecular weight excluding hydrogens is 371 g/mol. The van der Waals surface area contributed by atoms with Crippen LogP contribution in [-0.2, 0) is 0 Å². The van der Waals surface area contributed by atoms with Gasteiger partial charge in [-0.1, -0.05) is 23.2 Å². The van der Waals surface area contributed by atoms with Crippen LogP contribution >= 0.6 is 39.1 Å². The Kier molecular flexibility index (Phi) is 4.37. The lowest BCUT2D eigenvalue weighted by Crippen LogP contribution is -2.02. The van der Waals surface area contributed by atoms with Crippen LogP contribution in [-0.4, -0.2) is 16.1 Å². The number of benzene rings is 1. The number of hydrogen-bond donors (Lipinski definition) is 2. The number of nitrogens with two attached hydrogens (primary N) is 1. The zero-order valence-corrected chi connectivity index (χ0v) is 12.8. The second-order valence-corrected chi connectivity index (χ2v) is 5.39. The molecule has 104 valence electrons. The Morgan fingerprint density at radius 3 is 2.60 bits per heavy atom. The van der Waals surface area contributed by atoms with Crippen molar-refractivity contribution in [2.75, 3.05) is 5.73 Å². The number of halogens is 3. The van der Waals surface area contributed by atoms with E-state index >= 15 is 0 Å². The van der Waals surface area contributed by atoms with Crippen molar-refractivity contribution in [3.8, 4) is 11.6 Å². The van der Waals surface area contributed by atoms with Gasteiger partial charge in [-0.3, -0.25) is 0 Å². The van der Waals surface area contributed by atoms with Crippen LogP contribution in [0.5, 0.6) is 11.6 Å².